The number of aryl methyl sites for hydroxylation is 1. The normalized spacial score (nSPS) is 11.6. The van der Waals surface area contributed by atoms with Crippen molar-refractivity contribution in [3.63, 3.8) is 0 Å². The molecule has 3 rings (SSSR count). The fraction of sp³-hybridized carbons (Fsp3) is 0.292. The number of ether oxygens (including phenoxy) is 2. The lowest BCUT2D eigenvalue weighted by atomic mass is 10.1. The van der Waals surface area contributed by atoms with Crippen LogP contribution in [0.3, 0.4) is 0 Å². The lowest BCUT2D eigenvalue weighted by Gasteiger charge is -2.19. The van der Waals surface area contributed by atoms with Gasteiger partial charge in [-0.15, -0.1) is 0 Å². The van der Waals surface area contributed by atoms with Crippen molar-refractivity contribution in [1.82, 2.24) is 14.9 Å². The first-order valence-electron chi connectivity index (χ1n) is 10.2. The molecule has 1 heterocycles. The van der Waals surface area contributed by atoms with E-state index in [9.17, 15) is 14.0 Å². The largest absolute Gasteiger partial charge is 0.493 e. The van der Waals surface area contributed by atoms with Crippen molar-refractivity contribution < 1.29 is 23.5 Å². The van der Waals surface area contributed by atoms with E-state index in [1.807, 2.05) is 11.6 Å². The zero-order valence-corrected chi connectivity index (χ0v) is 18.3. The third kappa shape index (κ3) is 5.72. The molecule has 32 heavy (non-hydrogen) atoms. The van der Waals surface area contributed by atoms with Crippen molar-refractivity contribution in [2.45, 2.75) is 25.8 Å². The number of hydrogen-bond acceptors (Lipinski definition) is 5. The van der Waals surface area contributed by atoms with E-state index in [0.29, 0.717) is 35.9 Å². The summed E-state index contributed by atoms with van der Waals surface area (Å²) in [7, 11) is 3.34. The van der Waals surface area contributed by atoms with Gasteiger partial charge in [-0.1, -0.05) is 12.1 Å². The van der Waals surface area contributed by atoms with Gasteiger partial charge in [-0.25, -0.2) is 9.37 Å². The molecule has 0 saturated carbocycles. The molecule has 7 nitrogen and oxygen atoms in total. The Balaban J connectivity index is 1.59. The fourth-order valence-corrected chi connectivity index (χ4v) is 3.26. The van der Waals surface area contributed by atoms with Crippen LogP contribution in [0.2, 0.25) is 0 Å². The maximum absolute atomic E-state index is 13.3. The summed E-state index contributed by atoms with van der Waals surface area (Å²) in [6.45, 7) is 1.78. The van der Waals surface area contributed by atoms with E-state index in [0.717, 1.165) is 5.56 Å². The van der Waals surface area contributed by atoms with Crippen LogP contribution in [0.1, 0.15) is 47.6 Å². The third-order valence-corrected chi connectivity index (χ3v) is 5.00. The Labute approximate surface area is 186 Å². The van der Waals surface area contributed by atoms with E-state index < -0.39 is 6.04 Å². The van der Waals surface area contributed by atoms with Gasteiger partial charge >= 0.3 is 0 Å². The van der Waals surface area contributed by atoms with E-state index in [2.05, 4.69) is 10.3 Å². The monoisotopic (exact) mass is 439 g/mol. The Morgan fingerprint density at radius 3 is 2.53 bits per heavy atom. The van der Waals surface area contributed by atoms with Crippen LogP contribution in [-0.4, -0.2) is 35.0 Å². The Morgan fingerprint density at radius 1 is 1.16 bits per heavy atom. The molecule has 1 N–H and O–H groups in total. The molecule has 3 aromatic rings. The molecule has 2 aromatic carbocycles. The molecule has 0 aliphatic rings. The quantitative estimate of drug-likeness (QED) is 0.383. The zero-order chi connectivity index (χ0) is 23.1. The standard InChI is InChI=1S/C24H26FN3O4/c1-16(29)18-8-11-20(21(15-18)31-3)32-14-4-5-22(30)27-23(24-26-12-13-28(24)2)17-6-9-19(25)10-7-17/h6-13,15,23H,4-5,14H2,1-3H3,(H,27,30). The smallest absolute Gasteiger partial charge is 0.220 e. The fourth-order valence-electron chi connectivity index (χ4n) is 3.26. The van der Waals surface area contributed by atoms with Crippen LogP contribution in [0.25, 0.3) is 0 Å². The molecule has 168 valence electrons. The van der Waals surface area contributed by atoms with Gasteiger partial charge in [0.15, 0.2) is 17.3 Å². The maximum Gasteiger partial charge on any atom is 0.220 e. The molecule has 1 atom stereocenters. The maximum atomic E-state index is 13.3. The number of nitrogens with one attached hydrogen (secondary N) is 1. The van der Waals surface area contributed by atoms with Crippen LogP contribution in [0.15, 0.2) is 54.9 Å². The van der Waals surface area contributed by atoms with Crippen LogP contribution in [-0.2, 0) is 11.8 Å². The van der Waals surface area contributed by atoms with Gasteiger partial charge in [0.1, 0.15) is 17.7 Å². The molecule has 1 aromatic heterocycles. The van der Waals surface area contributed by atoms with Crippen LogP contribution in [0.4, 0.5) is 4.39 Å². The van der Waals surface area contributed by atoms with Gasteiger partial charge in [-0.05, 0) is 49.2 Å². The van der Waals surface area contributed by atoms with Crippen molar-refractivity contribution in [1.29, 1.82) is 0 Å². The number of aromatic nitrogens is 2. The van der Waals surface area contributed by atoms with Crippen LogP contribution < -0.4 is 14.8 Å². The first-order chi connectivity index (χ1) is 15.4. The number of hydrogen-bond donors (Lipinski definition) is 1. The summed E-state index contributed by atoms with van der Waals surface area (Å²) in [6, 6.07) is 10.5. The van der Waals surface area contributed by atoms with Crippen molar-refractivity contribution in [3.05, 3.63) is 77.6 Å². The number of amides is 1. The van der Waals surface area contributed by atoms with E-state index >= 15 is 0 Å². The number of halogens is 1. The SMILES string of the molecule is COc1cc(C(C)=O)ccc1OCCCC(=O)NC(c1ccc(F)cc1)c1nccn1C. The molecular formula is C24H26FN3O4. The summed E-state index contributed by atoms with van der Waals surface area (Å²) < 4.78 is 26.2. The predicted molar refractivity (Wildman–Crippen MR) is 117 cm³/mol. The third-order valence-electron chi connectivity index (χ3n) is 5.00. The number of Topliss-reactive ketones (excluding diaryl/α,β-unsaturated/α-hetero) is 1. The summed E-state index contributed by atoms with van der Waals surface area (Å²) in [6.07, 6.45) is 4.14. The second-order valence-electron chi connectivity index (χ2n) is 7.32. The topological polar surface area (TPSA) is 82.4 Å². The first-order valence-corrected chi connectivity index (χ1v) is 10.2. The highest BCUT2D eigenvalue weighted by atomic mass is 19.1. The number of benzene rings is 2. The van der Waals surface area contributed by atoms with Crippen LogP contribution >= 0.6 is 0 Å². The molecule has 8 heteroatoms. The molecule has 1 unspecified atom stereocenters. The van der Waals surface area contributed by atoms with Gasteiger partial charge < -0.3 is 19.4 Å². The van der Waals surface area contributed by atoms with Crippen molar-refractivity contribution in [3.8, 4) is 11.5 Å². The number of methoxy groups -OCH3 is 1. The van der Waals surface area contributed by atoms with Crippen molar-refractivity contribution in [2.75, 3.05) is 13.7 Å². The number of rotatable bonds is 10. The van der Waals surface area contributed by atoms with E-state index in [1.54, 1.807) is 42.7 Å². The van der Waals surface area contributed by atoms with Gasteiger partial charge in [-0.3, -0.25) is 9.59 Å². The first kappa shape index (κ1) is 23.0. The Hall–Kier alpha value is -3.68. The summed E-state index contributed by atoms with van der Waals surface area (Å²) >= 11 is 0. The molecule has 0 bridgehead atoms. The van der Waals surface area contributed by atoms with Crippen LogP contribution in [0.5, 0.6) is 11.5 Å². The summed E-state index contributed by atoms with van der Waals surface area (Å²) in [4.78, 5) is 28.5. The minimum atomic E-state index is -0.497. The molecule has 0 radical (unpaired) electrons. The van der Waals surface area contributed by atoms with Gasteiger partial charge in [0.25, 0.3) is 0 Å². The van der Waals surface area contributed by atoms with E-state index in [1.165, 1.54) is 26.2 Å². The number of carbonyl (C=O) groups excluding carboxylic acids is 2. The number of carbonyl (C=O) groups is 2. The van der Waals surface area contributed by atoms with Gasteiger partial charge in [0.05, 0.1) is 13.7 Å². The molecule has 0 aliphatic heterocycles. The second-order valence-corrected chi connectivity index (χ2v) is 7.32. The summed E-state index contributed by atoms with van der Waals surface area (Å²) in [5.74, 6) is 1.04. The lowest BCUT2D eigenvalue weighted by molar-refractivity contribution is -0.121. The number of imidazole rings is 1. The molecule has 0 aliphatic carbocycles. The number of nitrogens with zero attached hydrogens (tertiary/aromatic N) is 2. The molecule has 0 spiro atoms. The zero-order valence-electron chi connectivity index (χ0n) is 18.3. The molecule has 0 saturated heterocycles. The summed E-state index contributed by atoms with van der Waals surface area (Å²) in [5, 5.41) is 2.97. The molecular weight excluding hydrogens is 413 g/mol. The van der Waals surface area contributed by atoms with Gasteiger partial charge in [0, 0.05) is 31.4 Å². The molecule has 1 amide bonds. The highest BCUT2D eigenvalue weighted by Crippen LogP contribution is 2.28. The van der Waals surface area contributed by atoms with Gasteiger partial charge in [0.2, 0.25) is 5.91 Å². The van der Waals surface area contributed by atoms with E-state index in [4.69, 9.17) is 9.47 Å². The van der Waals surface area contributed by atoms with Gasteiger partial charge in [-0.2, -0.15) is 0 Å². The number of ketones is 1. The highest BCUT2D eigenvalue weighted by Gasteiger charge is 2.20. The second kappa shape index (κ2) is 10.6. The lowest BCUT2D eigenvalue weighted by Crippen LogP contribution is -2.31. The average Bonchev–Trinajstić information content (AvgIpc) is 3.21. The predicted octanol–water partition coefficient (Wildman–Crippen LogP) is 3.84. The van der Waals surface area contributed by atoms with E-state index in [-0.39, 0.29) is 23.9 Å². The molecule has 0 fully saturated rings. The Kier molecular flexibility index (Phi) is 7.59. The van der Waals surface area contributed by atoms with Crippen molar-refractivity contribution in [2.24, 2.45) is 7.05 Å². The summed E-state index contributed by atoms with van der Waals surface area (Å²) in [5.41, 5.74) is 1.27. The van der Waals surface area contributed by atoms with Crippen molar-refractivity contribution >= 4 is 11.7 Å². The minimum Gasteiger partial charge on any atom is -0.493 e. The Morgan fingerprint density at radius 2 is 1.91 bits per heavy atom. The highest BCUT2D eigenvalue weighted by molar-refractivity contribution is 5.94. The average molecular weight is 439 g/mol. The Bertz CT molecular complexity index is 1080. The van der Waals surface area contributed by atoms with Crippen LogP contribution in [0, 0.1) is 5.82 Å². The minimum absolute atomic E-state index is 0.0602.